The molecule has 0 aromatic heterocycles. The molecular weight excluding hydrogens is 150 g/mol. The van der Waals surface area contributed by atoms with Crippen LogP contribution in [0.4, 0.5) is 0 Å². The average Bonchev–Trinajstić information content (AvgIpc) is 2.13. The van der Waals surface area contributed by atoms with Crippen LogP contribution in [-0.4, -0.2) is 17.6 Å². The van der Waals surface area contributed by atoms with Crippen molar-refractivity contribution in [3.63, 3.8) is 0 Å². The molecule has 3 nitrogen and oxygen atoms in total. The fourth-order valence-electron chi connectivity index (χ4n) is 0.903. The Hall–Kier alpha value is -0.900. The molecule has 0 saturated carbocycles. The fraction of sp³-hybridized carbons (Fsp3) is 0.333. The van der Waals surface area contributed by atoms with Crippen LogP contribution in [0.15, 0.2) is 38.0 Å². The van der Waals surface area contributed by atoms with E-state index in [1.807, 2.05) is 0 Å². The molecule has 2 unspecified atom stereocenters. The summed E-state index contributed by atoms with van der Waals surface area (Å²) in [7, 11) is 0. The first-order valence-electron chi connectivity index (χ1n) is 3.71. The second-order valence-corrected chi connectivity index (χ2v) is 2.73. The molecule has 12 heavy (non-hydrogen) atoms. The van der Waals surface area contributed by atoms with E-state index in [-0.39, 0.29) is 0 Å². The van der Waals surface area contributed by atoms with Gasteiger partial charge in [0.1, 0.15) is 0 Å². The number of hydrogen-bond acceptors (Lipinski definition) is 3. The zero-order valence-corrected chi connectivity index (χ0v) is 7.24. The Morgan fingerprint density at radius 3 is 1.50 bits per heavy atom. The lowest BCUT2D eigenvalue weighted by molar-refractivity contribution is 0.430. The largest absolute Gasteiger partial charge is 0.323 e. The summed E-state index contributed by atoms with van der Waals surface area (Å²) in [5.74, 6) is 0. The average molecular weight is 167 g/mol. The van der Waals surface area contributed by atoms with Gasteiger partial charge in [0, 0.05) is 12.1 Å². The quantitative estimate of drug-likeness (QED) is 0.500. The first-order chi connectivity index (χ1) is 5.52. The molecule has 0 radical (unpaired) electrons. The maximum Gasteiger partial charge on any atom is 0.0716 e. The van der Waals surface area contributed by atoms with Crippen molar-refractivity contribution >= 4 is 0 Å². The Balaban J connectivity index is 4.76. The van der Waals surface area contributed by atoms with Gasteiger partial charge < -0.3 is 17.2 Å². The highest BCUT2D eigenvalue weighted by atomic mass is 14.9. The Kier molecular flexibility index (Phi) is 3.89. The van der Waals surface area contributed by atoms with Crippen molar-refractivity contribution < 1.29 is 0 Å². The van der Waals surface area contributed by atoms with Crippen molar-refractivity contribution in [3.05, 3.63) is 38.0 Å². The summed E-state index contributed by atoms with van der Waals surface area (Å²) in [5.41, 5.74) is 16.4. The maximum absolute atomic E-state index is 5.89. The number of rotatable bonds is 5. The van der Waals surface area contributed by atoms with Crippen LogP contribution in [0, 0.1) is 0 Å². The summed E-state index contributed by atoms with van der Waals surface area (Å²) in [4.78, 5) is 0. The lowest BCUT2D eigenvalue weighted by atomic mass is 9.84. The number of nitrogens with two attached hydrogens (primary N) is 3. The predicted molar refractivity (Wildman–Crippen MR) is 53.5 cm³/mol. The van der Waals surface area contributed by atoms with Gasteiger partial charge in [-0.3, -0.25) is 0 Å². The standard InChI is InChI=1S/C9H17N3/c1-4-7(10)9(12,6-3)8(11)5-2/h4-8H,1-3,10-12H2. The van der Waals surface area contributed by atoms with Gasteiger partial charge in [0.05, 0.1) is 5.54 Å². The van der Waals surface area contributed by atoms with Crippen molar-refractivity contribution in [1.29, 1.82) is 0 Å². The van der Waals surface area contributed by atoms with Gasteiger partial charge in [-0.25, -0.2) is 0 Å². The van der Waals surface area contributed by atoms with Crippen LogP contribution < -0.4 is 17.2 Å². The van der Waals surface area contributed by atoms with E-state index >= 15 is 0 Å². The third-order valence-electron chi connectivity index (χ3n) is 2.02. The lowest BCUT2D eigenvalue weighted by Crippen LogP contribution is -2.62. The van der Waals surface area contributed by atoms with Crippen LogP contribution in [0.3, 0.4) is 0 Å². The van der Waals surface area contributed by atoms with Gasteiger partial charge in [-0.2, -0.15) is 0 Å². The monoisotopic (exact) mass is 167 g/mol. The Labute approximate surface area is 73.6 Å². The molecule has 0 aliphatic rings. The van der Waals surface area contributed by atoms with E-state index in [2.05, 4.69) is 19.7 Å². The van der Waals surface area contributed by atoms with Gasteiger partial charge in [-0.1, -0.05) is 18.2 Å². The summed E-state index contributed by atoms with van der Waals surface area (Å²) in [6.45, 7) is 10.7. The molecule has 0 rings (SSSR count). The topological polar surface area (TPSA) is 78.1 Å². The van der Waals surface area contributed by atoms with Crippen molar-refractivity contribution in [1.82, 2.24) is 0 Å². The van der Waals surface area contributed by atoms with E-state index in [1.165, 1.54) is 6.08 Å². The third-order valence-corrected chi connectivity index (χ3v) is 2.02. The van der Waals surface area contributed by atoms with Crippen molar-refractivity contribution in [3.8, 4) is 0 Å². The second-order valence-electron chi connectivity index (χ2n) is 2.73. The first-order valence-corrected chi connectivity index (χ1v) is 3.71. The van der Waals surface area contributed by atoms with E-state index in [9.17, 15) is 0 Å². The Morgan fingerprint density at radius 1 is 1.00 bits per heavy atom. The van der Waals surface area contributed by atoms with E-state index in [1.54, 1.807) is 12.2 Å². The molecular formula is C9H17N3. The molecule has 6 N–H and O–H groups in total. The molecule has 0 aliphatic carbocycles. The van der Waals surface area contributed by atoms with Gasteiger partial charge in [0.15, 0.2) is 0 Å². The molecule has 0 bridgehead atoms. The van der Waals surface area contributed by atoms with Crippen LogP contribution in [0.5, 0.6) is 0 Å². The molecule has 0 saturated heterocycles. The minimum atomic E-state index is -0.858. The molecule has 0 heterocycles. The normalized spacial score (nSPS) is 20.2. The van der Waals surface area contributed by atoms with Gasteiger partial charge >= 0.3 is 0 Å². The van der Waals surface area contributed by atoms with Crippen molar-refractivity contribution in [2.75, 3.05) is 0 Å². The van der Waals surface area contributed by atoms with E-state index in [0.29, 0.717) is 0 Å². The Bertz CT molecular complexity index is 172. The molecule has 0 aromatic rings. The predicted octanol–water partition coefficient (Wildman–Crippen LogP) is -0.103. The van der Waals surface area contributed by atoms with Gasteiger partial charge in [0.25, 0.3) is 0 Å². The maximum atomic E-state index is 5.89. The van der Waals surface area contributed by atoms with Gasteiger partial charge in [-0.05, 0) is 0 Å². The Morgan fingerprint density at radius 2 is 1.33 bits per heavy atom. The molecule has 2 atom stereocenters. The SMILES string of the molecule is C=CC(N)C(N)(C=C)C(N)C=C. The van der Waals surface area contributed by atoms with Crippen LogP contribution in [-0.2, 0) is 0 Å². The van der Waals surface area contributed by atoms with E-state index in [0.717, 1.165) is 0 Å². The van der Waals surface area contributed by atoms with Crippen molar-refractivity contribution in [2.24, 2.45) is 17.2 Å². The van der Waals surface area contributed by atoms with Crippen LogP contribution in [0.25, 0.3) is 0 Å². The molecule has 68 valence electrons. The molecule has 0 fully saturated rings. The molecule has 0 spiro atoms. The summed E-state index contributed by atoms with van der Waals surface area (Å²) in [6, 6.07) is -0.828. The molecule has 3 heteroatoms. The van der Waals surface area contributed by atoms with Gasteiger partial charge in [0.2, 0.25) is 0 Å². The molecule has 0 amide bonds. The van der Waals surface area contributed by atoms with E-state index < -0.39 is 17.6 Å². The second kappa shape index (κ2) is 4.21. The highest BCUT2D eigenvalue weighted by Crippen LogP contribution is 2.12. The molecule has 0 aliphatic heterocycles. The smallest absolute Gasteiger partial charge is 0.0716 e. The summed E-state index contributed by atoms with van der Waals surface area (Å²) in [5, 5.41) is 0. The number of hydrogen-bond donors (Lipinski definition) is 3. The molecule has 0 aromatic carbocycles. The van der Waals surface area contributed by atoms with E-state index in [4.69, 9.17) is 17.2 Å². The van der Waals surface area contributed by atoms with Crippen LogP contribution >= 0.6 is 0 Å². The summed E-state index contributed by atoms with van der Waals surface area (Å²) in [6.07, 6.45) is 4.63. The third kappa shape index (κ3) is 1.82. The fourth-order valence-corrected chi connectivity index (χ4v) is 0.903. The first kappa shape index (κ1) is 11.1. The zero-order chi connectivity index (χ0) is 9.78. The zero-order valence-electron chi connectivity index (χ0n) is 7.24. The van der Waals surface area contributed by atoms with Crippen LogP contribution in [0.1, 0.15) is 0 Å². The summed E-state index contributed by atoms with van der Waals surface area (Å²) < 4.78 is 0. The lowest BCUT2D eigenvalue weighted by Gasteiger charge is -2.34. The van der Waals surface area contributed by atoms with Crippen LogP contribution in [0.2, 0.25) is 0 Å². The highest BCUT2D eigenvalue weighted by Gasteiger charge is 2.32. The minimum Gasteiger partial charge on any atom is -0.323 e. The summed E-state index contributed by atoms with van der Waals surface area (Å²) >= 11 is 0. The highest BCUT2D eigenvalue weighted by molar-refractivity contribution is 5.21. The van der Waals surface area contributed by atoms with Crippen molar-refractivity contribution in [2.45, 2.75) is 17.6 Å². The minimum absolute atomic E-state index is 0.414. The van der Waals surface area contributed by atoms with Gasteiger partial charge in [-0.15, -0.1) is 19.7 Å².